The Morgan fingerprint density at radius 3 is 0.776 bits per heavy atom. The molecule has 0 heterocycles. The van der Waals surface area contributed by atoms with Gasteiger partial charge in [0.2, 0.25) is 0 Å². The van der Waals surface area contributed by atoms with Gasteiger partial charge < -0.3 is 33.8 Å². The number of rotatable bonds is 77. The monoisotopic (exact) mass is 1440 g/mol. The van der Waals surface area contributed by atoms with E-state index in [9.17, 15) is 43.2 Å². The van der Waals surface area contributed by atoms with E-state index < -0.39 is 97.5 Å². The molecule has 3 unspecified atom stereocenters. The lowest BCUT2D eigenvalue weighted by molar-refractivity contribution is -0.161. The van der Waals surface area contributed by atoms with E-state index in [1.807, 2.05) is 0 Å². The summed E-state index contributed by atoms with van der Waals surface area (Å²) < 4.78 is 68.7. The van der Waals surface area contributed by atoms with Crippen LogP contribution in [0.5, 0.6) is 0 Å². The van der Waals surface area contributed by atoms with Crippen molar-refractivity contribution in [2.24, 2.45) is 17.8 Å². The Balaban J connectivity index is 5.25. The van der Waals surface area contributed by atoms with Crippen molar-refractivity contribution in [1.82, 2.24) is 0 Å². The zero-order chi connectivity index (χ0) is 72.3. The van der Waals surface area contributed by atoms with Crippen LogP contribution in [-0.4, -0.2) is 96.7 Å². The molecular weight excluding hydrogens is 1280 g/mol. The van der Waals surface area contributed by atoms with Crippen molar-refractivity contribution in [2.45, 2.75) is 426 Å². The molecular formula is C79H154O17P2. The maximum Gasteiger partial charge on any atom is 0.472 e. The van der Waals surface area contributed by atoms with Crippen LogP contribution in [0, 0.1) is 17.8 Å². The van der Waals surface area contributed by atoms with Gasteiger partial charge >= 0.3 is 39.5 Å². The lowest BCUT2D eigenvalue weighted by Gasteiger charge is -2.21. The van der Waals surface area contributed by atoms with Gasteiger partial charge in [-0.2, -0.15) is 0 Å². The molecule has 98 heavy (non-hydrogen) atoms. The fourth-order valence-electron chi connectivity index (χ4n) is 12.1. The average Bonchev–Trinajstić information content (AvgIpc) is 1.29. The van der Waals surface area contributed by atoms with E-state index in [1.54, 1.807) is 0 Å². The number of ether oxygens (including phenoxy) is 4. The number of phosphoric acid groups is 2. The molecule has 0 aliphatic rings. The summed E-state index contributed by atoms with van der Waals surface area (Å²) in [6, 6.07) is 0. The van der Waals surface area contributed by atoms with Gasteiger partial charge in [-0.05, 0) is 43.4 Å². The minimum Gasteiger partial charge on any atom is -0.462 e. The standard InChI is InChI=1S/C79H154O17P2/c1-8-10-11-12-13-14-15-16-17-18-19-20-23-29-34-39-48-55-62-78(83)95-74(66-89-76(81)60-53-46-38-33-28-24-21-22-26-31-36-43-50-57-70(3)4)68-93-97(85,86)91-64-73(80)65-92-98(87,88)94-69-75(67-90-77(82)61-54-47-42-41-45-52-59-72(7)9-2)96-79(84)63-56-49-40-35-30-25-27-32-37-44-51-58-71(5)6/h70-75,80H,8-69H2,1-7H3,(H,85,86)(H,87,88)/t72?,73-,74-,75-/m1/s1. The first-order chi connectivity index (χ1) is 47.3. The highest BCUT2D eigenvalue weighted by atomic mass is 31.2. The summed E-state index contributed by atoms with van der Waals surface area (Å²) in [5.74, 6) is 0.173. The molecule has 0 saturated carbocycles. The predicted molar refractivity (Wildman–Crippen MR) is 400 cm³/mol. The number of hydrogen-bond acceptors (Lipinski definition) is 15. The minimum absolute atomic E-state index is 0.106. The molecule has 0 fully saturated rings. The van der Waals surface area contributed by atoms with Crippen molar-refractivity contribution in [3.63, 3.8) is 0 Å². The molecule has 17 nitrogen and oxygen atoms in total. The van der Waals surface area contributed by atoms with Gasteiger partial charge in [0, 0.05) is 25.7 Å². The Morgan fingerprint density at radius 2 is 0.520 bits per heavy atom. The molecule has 0 aromatic carbocycles. The zero-order valence-corrected chi connectivity index (χ0v) is 66.0. The number of phosphoric ester groups is 2. The van der Waals surface area contributed by atoms with Crippen molar-refractivity contribution < 1.29 is 80.2 Å². The van der Waals surface area contributed by atoms with Gasteiger partial charge in [0.15, 0.2) is 12.2 Å². The van der Waals surface area contributed by atoms with Gasteiger partial charge in [-0.1, -0.05) is 357 Å². The molecule has 0 saturated heterocycles. The third kappa shape index (κ3) is 71.1. The highest BCUT2D eigenvalue weighted by molar-refractivity contribution is 7.47. The van der Waals surface area contributed by atoms with Gasteiger partial charge in [0.25, 0.3) is 0 Å². The SMILES string of the molecule is CCCCCCCCCCCCCCCCCCCCC(=O)O[C@H](COC(=O)CCCCCCCCCCCCCCCC(C)C)COP(=O)(O)OC[C@@H](O)COP(=O)(O)OC[C@@H](COC(=O)CCCCCCCCC(C)CC)OC(=O)CCCCCCCCCCCCCC(C)C. The van der Waals surface area contributed by atoms with E-state index in [0.29, 0.717) is 25.7 Å². The normalized spacial score (nSPS) is 14.3. The zero-order valence-electron chi connectivity index (χ0n) is 64.3. The smallest absolute Gasteiger partial charge is 0.462 e. The lowest BCUT2D eigenvalue weighted by atomic mass is 10.00. The third-order valence-electron chi connectivity index (χ3n) is 18.7. The first-order valence-corrected chi connectivity index (χ1v) is 43.9. The summed E-state index contributed by atoms with van der Waals surface area (Å²) in [6.07, 6.45) is 56.9. The number of aliphatic hydroxyl groups is 1. The fraction of sp³-hybridized carbons (Fsp3) is 0.949. The van der Waals surface area contributed by atoms with Crippen molar-refractivity contribution in [2.75, 3.05) is 39.6 Å². The van der Waals surface area contributed by atoms with Crippen molar-refractivity contribution in [3.05, 3.63) is 0 Å². The number of unbranched alkanes of at least 4 members (excludes halogenated alkanes) is 44. The molecule has 0 aromatic rings. The van der Waals surface area contributed by atoms with Crippen molar-refractivity contribution >= 4 is 39.5 Å². The predicted octanol–water partition coefficient (Wildman–Crippen LogP) is 23.4. The molecule has 6 atom stereocenters. The Labute approximate surface area is 600 Å². The topological polar surface area (TPSA) is 237 Å². The number of hydrogen-bond donors (Lipinski definition) is 3. The highest BCUT2D eigenvalue weighted by Gasteiger charge is 2.30. The van der Waals surface area contributed by atoms with E-state index in [-0.39, 0.29) is 25.7 Å². The molecule has 0 aromatic heterocycles. The van der Waals surface area contributed by atoms with Crippen LogP contribution < -0.4 is 0 Å². The number of esters is 4. The van der Waals surface area contributed by atoms with Crippen LogP contribution in [0.15, 0.2) is 0 Å². The van der Waals surface area contributed by atoms with Crippen LogP contribution in [0.4, 0.5) is 0 Å². The molecule has 0 bridgehead atoms. The van der Waals surface area contributed by atoms with Crippen LogP contribution in [-0.2, 0) is 65.4 Å². The third-order valence-corrected chi connectivity index (χ3v) is 20.6. The summed E-state index contributed by atoms with van der Waals surface area (Å²) in [5.41, 5.74) is 0. The van der Waals surface area contributed by atoms with Gasteiger partial charge in [-0.15, -0.1) is 0 Å². The Bertz CT molecular complexity index is 1910. The van der Waals surface area contributed by atoms with E-state index in [1.165, 1.54) is 212 Å². The van der Waals surface area contributed by atoms with E-state index in [2.05, 4.69) is 48.5 Å². The average molecular weight is 1440 g/mol. The van der Waals surface area contributed by atoms with Crippen LogP contribution in [0.1, 0.15) is 408 Å². The second kappa shape index (κ2) is 69.4. The maximum absolute atomic E-state index is 13.1. The van der Waals surface area contributed by atoms with Gasteiger partial charge in [0.05, 0.1) is 26.4 Å². The molecule has 0 aliphatic heterocycles. The summed E-state index contributed by atoms with van der Waals surface area (Å²) in [5, 5.41) is 10.6. The second-order valence-corrected chi connectivity index (χ2v) is 32.6. The number of carbonyl (C=O) groups is 4. The minimum atomic E-state index is -4.96. The molecule has 0 amide bonds. The Hall–Kier alpha value is -1.94. The van der Waals surface area contributed by atoms with E-state index >= 15 is 0 Å². The molecule has 0 rings (SSSR count). The number of carbonyl (C=O) groups excluding carboxylic acids is 4. The fourth-order valence-corrected chi connectivity index (χ4v) is 13.7. The molecule has 0 spiro atoms. The Kier molecular flexibility index (Phi) is 68.1. The second-order valence-electron chi connectivity index (χ2n) is 29.6. The van der Waals surface area contributed by atoms with E-state index in [0.717, 1.165) is 114 Å². The molecule has 19 heteroatoms. The van der Waals surface area contributed by atoms with E-state index in [4.69, 9.17) is 37.0 Å². The van der Waals surface area contributed by atoms with Crippen LogP contribution in [0.2, 0.25) is 0 Å². The van der Waals surface area contributed by atoms with Crippen LogP contribution in [0.3, 0.4) is 0 Å². The lowest BCUT2D eigenvalue weighted by Crippen LogP contribution is -2.30. The summed E-state index contributed by atoms with van der Waals surface area (Å²) in [4.78, 5) is 73.0. The van der Waals surface area contributed by atoms with Gasteiger partial charge in [-0.25, -0.2) is 9.13 Å². The summed E-state index contributed by atoms with van der Waals surface area (Å²) in [6.45, 7) is 11.9. The molecule has 3 N–H and O–H groups in total. The highest BCUT2D eigenvalue weighted by Crippen LogP contribution is 2.45. The largest absolute Gasteiger partial charge is 0.472 e. The first kappa shape index (κ1) is 96.1. The summed E-state index contributed by atoms with van der Waals surface area (Å²) >= 11 is 0. The maximum atomic E-state index is 13.1. The van der Waals surface area contributed by atoms with Gasteiger partial charge in [0.1, 0.15) is 19.3 Å². The molecule has 0 radical (unpaired) electrons. The summed E-state index contributed by atoms with van der Waals surface area (Å²) in [7, 11) is -9.92. The molecule has 0 aliphatic carbocycles. The van der Waals surface area contributed by atoms with Crippen molar-refractivity contribution in [1.29, 1.82) is 0 Å². The van der Waals surface area contributed by atoms with Crippen molar-refractivity contribution in [3.8, 4) is 0 Å². The Morgan fingerprint density at radius 1 is 0.296 bits per heavy atom. The first-order valence-electron chi connectivity index (χ1n) is 40.9. The van der Waals surface area contributed by atoms with Crippen LogP contribution in [0.25, 0.3) is 0 Å². The number of aliphatic hydroxyl groups excluding tert-OH is 1. The molecule has 582 valence electrons. The quantitative estimate of drug-likeness (QED) is 0.0222. The van der Waals surface area contributed by atoms with Crippen LogP contribution >= 0.6 is 15.6 Å². The van der Waals surface area contributed by atoms with Gasteiger partial charge in [-0.3, -0.25) is 37.3 Å².